The molecule has 3 aliphatic heterocycles. The zero-order valence-electron chi connectivity index (χ0n) is 19.6. The fourth-order valence-electron chi connectivity index (χ4n) is 5.95. The molecule has 7 heteroatoms. The molecule has 2 N–H and O–H groups in total. The van der Waals surface area contributed by atoms with Gasteiger partial charge in [-0.05, 0) is 90.7 Å². The predicted octanol–water partition coefficient (Wildman–Crippen LogP) is 5.18. The highest BCUT2D eigenvalue weighted by molar-refractivity contribution is 5.78. The highest BCUT2D eigenvalue weighted by Crippen LogP contribution is 2.44. The number of piperidine rings is 1. The molecular formula is C27H31F2N5. The number of aromatic nitrogens is 2. The smallest absolute Gasteiger partial charge is 0.264 e. The lowest BCUT2D eigenvalue weighted by molar-refractivity contribution is 0.152. The zero-order valence-corrected chi connectivity index (χ0v) is 19.6. The fraction of sp³-hybridized carbons (Fsp3) is 0.444. The van der Waals surface area contributed by atoms with E-state index in [-0.39, 0.29) is 5.56 Å². The number of nitrogens with zero attached hydrogens (tertiary/aromatic N) is 3. The van der Waals surface area contributed by atoms with Crippen molar-refractivity contribution in [2.45, 2.75) is 51.1 Å². The molecule has 178 valence electrons. The summed E-state index contributed by atoms with van der Waals surface area (Å²) in [6.07, 6.45) is 5.14. The van der Waals surface area contributed by atoms with E-state index in [0.717, 1.165) is 75.2 Å². The largest absolute Gasteiger partial charge is 0.341 e. The Labute approximate surface area is 199 Å². The Bertz CT molecular complexity index is 1210. The van der Waals surface area contributed by atoms with Crippen molar-refractivity contribution in [3.05, 3.63) is 64.5 Å². The second-order valence-electron chi connectivity index (χ2n) is 9.83. The third kappa shape index (κ3) is 3.81. The second kappa shape index (κ2) is 8.78. The van der Waals surface area contributed by atoms with E-state index in [9.17, 15) is 8.78 Å². The van der Waals surface area contributed by atoms with Gasteiger partial charge in [-0.3, -0.25) is 4.68 Å². The first kappa shape index (κ1) is 21.7. The molecule has 4 heterocycles. The van der Waals surface area contributed by atoms with Gasteiger partial charge in [0.05, 0.1) is 6.20 Å². The van der Waals surface area contributed by atoms with E-state index < -0.39 is 6.43 Å². The van der Waals surface area contributed by atoms with Gasteiger partial charge < -0.3 is 15.5 Å². The minimum atomic E-state index is -2.54. The molecule has 0 radical (unpaired) electrons. The van der Waals surface area contributed by atoms with Gasteiger partial charge in [-0.25, -0.2) is 8.78 Å². The maximum atomic E-state index is 14.3. The summed E-state index contributed by atoms with van der Waals surface area (Å²) >= 11 is 0. The van der Waals surface area contributed by atoms with Crippen LogP contribution in [0.1, 0.15) is 59.4 Å². The van der Waals surface area contributed by atoms with Gasteiger partial charge in [0, 0.05) is 55.4 Å². The normalized spacial score (nSPS) is 18.4. The lowest BCUT2D eigenvalue weighted by Crippen LogP contribution is -2.28. The van der Waals surface area contributed by atoms with E-state index in [1.807, 2.05) is 19.3 Å². The molecular weight excluding hydrogens is 432 g/mol. The van der Waals surface area contributed by atoms with Crippen LogP contribution < -0.4 is 15.5 Å². The van der Waals surface area contributed by atoms with Crippen LogP contribution in [0.15, 0.2) is 36.7 Å². The quantitative estimate of drug-likeness (QED) is 0.560. The van der Waals surface area contributed by atoms with E-state index in [1.54, 1.807) is 16.9 Å². The number of fused-ring (bicyclic) bond motifs is 2. The van der Waals surface area contributed by atoms with Crippen LogP contribution in [-0.4, -0.2) is 29.4 Å². The summed E-state index contributed by atoms with van der Waals surface area (Å²) in [6.45, 7) is 4.67. The molecule has 0 saturated carbocycles. The first-order valence-corrected chi connectivity index (χ1v) is 12.4. The van der Waals surface area contributed by atoms with Crippen LogP contribution in [0, 0.1) is 0 Å². The van der Waals surface area contributed by atoms with Crippen LogP contribution in [0.2, 0.25) is 0 Å². The highest BCUT2D eigenvalue weighted by Gasteiger charge is 2.29. The van der Waals surface area contributed by atoms with Gasteiger partial charge in [0.25, 0.3) is 6.43 Å². The minimum absolute atomic E-state index is 0.0860. The maximum absolute atomic E-state index is 14.3. The topological polar surface area (TPSA) is 45.1 Å². The van der Waals surface area contributed by atoms with Crippen LogP contribution in [0.4, 0.5) is 20.2 Å². The molecule has 0 atom stereocenters. The number of alkyl halides is 2. The predicted molar refractivity (Wildman–Crippen MR) is 131 cm³/mol. The van der Waals surface area contributed by atoms with E-state index in [1.165, 1.54) is 22.4 Å². The Morgan fingerprint density at radius 2 is 1.85 bits per heavy atom. The van der Waals surface area contributed by atoms with Crippen LogP contribution in [-0.2, 0) is 26.6 Å². The number of nitrogens with one attached hydrogen (secondary N) is 2. The summed E-state index contributed by atoms with van der Waals surface area (Å²) in [4.78, 5) is 2.31. The van der Waals surface area contributed by atoms with Gasteiger partial charge in [0.15, 0.2) is 0 Å². The lowest BCUT2D eigenvalue weighted by Gasteiger charge is -2.35. The number of hydrogen-bond acceptors (Lipinski definition) is 4. The molecule has 1 saturated heterocycles. The number of hydrogen-bond donors (Lipinski definition) is 2. The van der Waals surface area contributed by atoms with E-state index in [4.69, 9.17) is 0 Å². The van der Waals surface area contributed by atoms with Crippen LogP contribution in [0.25, 0.3) is 11.1 Å². The summed E-state index contributed by atoms with van der Waals surface area (Å²) in [7, 11) is 1.82. The second-order valence-corrected chi connectivity index (χ2v) is 9.83. The molecule has 1 aromatic heterocycles. The number of anilines is 2. The monoisotopic (exact) mass is 463 g/mol. The molecule has 0 spiro atoms. The van der Waals surface area contributed by atoms with Crippen molar-refractivity contribution in [2.75, 3.05) is 24.5 Å². The first-order chi connectivity index (χ1) is 16.6. The zero-order chi connectivity index (χ0) is 23.2. The Morgan fingerprint density at radius 3 is 2.62 bits per heavy atom. The third-order valence-electron chi connectivity index (χ3n) is 7.68. The molecule has 34 heavy (non-hydrogen) atoms. The summed E-state index contributed by atoms with van der Waals surface area (Å²) in [5.41, 5.74) is 8.78. The van der Waals surface area contributed by atoms with Gasteiger partial charge >= 0.3 is 0 Å². The van der Waals surface area contributed by atoms with Crippen molar-refractivity contribution in [1.82, 2.24) is 20.4 Å². The number of benzene rings is 2. The first-order valence-electron chi connectivity index (χ1n) is 12.4. The van der Waals surface area contributed by atoms with Crippen molar-refractivity contribution in [2.24, 2.45) is 7.05 Å². The summed E-state index contributed by atoms with van der Waals surface area (Å²) in [6, 6.07) is 8.46. The molecule has 3 aromatic rings. The van der Waals surface area contributed by atoms with Crippen LogP contribution in [0.3, 0.4) is 0 Å². The van der Waals surface area contributed by atoms with Crippen molar-refractivity contribution >= 4 is 11.4 Å². The molecule has 0 unspecified atom stereocenters. The molecule has 0 aliphatic carbocycles. The molecule has 0 bridgehead atoms. The van der Waals surface area contributed by atoms with Crippen LogP contribution in [0.5, 0.6) is 0 Å². The van der Waals surface area contributed by atoms with Gasteiger partial charge in [-0.15, -0.1) is 0 Å². The Kier molecular flexibility index (Phi) is 5.62. The molecule has 0 amide bonds. The Hall–Kier alpha value is -2.77. The Morgan fingerprint density at radius 1 is 1.00 bits per heavy atom. The average Bonchev–Trinajstić information content (AvgIpc) is 3.51. The Balaban J connectivity index is 1.47. The van der Waals surface area contributed by atoms with Gasteiger partial charge in [-0.2, -0.15) is 5.10 Å². The molecule has 6 rings (SSSR count). The average molecular weight is 464 g/mol. The fourth-order valence-corrected chi connectivity index (χ4v) is 5.95. The van der Waals surface area contributed by atoms with E-state index in [0.29, 0.717) is 11.5 Å². The van der Waals surface area contributed by atoms with Crippen LogP contribution >= 0.6 is 0 Å². The van der Waals surface area contributed by atoms with Crippen molar-refractivity contribution < 1.29 is 8.78 Å². The molecule has 5 nitrogen and oxygen atoms in total. The molecule has 1 fully saturated rings. The minimum Gasteiger partial charge on any atom is -0.341 e. The SMILES string of the molecule is Cn1cc(-c2cc3c(cc2C(F)F)N(c2cc(C4CCNCC4)cc4c2CNC4)CCC3)cn1. The highest BCUT2D eigenvalue weighted by atomic mass is 19.3. The maximum Gasteiger partial charge on any atom is 0.264 e. The lowest BCUT2D eigenvalue weighted by atomic mass is 9.87. The molecule has 3 aliphatic rings. The number of rotatable bonds is 4. The van der Waals surface area contributed by atoms with Crippen molar-refractivity contribution in [3.63, 3.8) is 0 Å². The van der Waals surface area contributed by atoms with Gasteiger partial charge in [0.2, 0.25) is 0 Å². The van der Waals surface area contributed by atoms with Gasteiger partial charge in [-0.1, -0.05) is 6.07 Å². The summed E-state index contributed by atoms with van der Waals surface area (Å²) in [5, 5.41) is 11.2. The molecule has 2 aromatic carbocycles. The standard InChI is InChI=1S/C27H31F2N5/c1-33-16-21(14-32-33)22-10-18-3-2-8-34(25(18)12-23(22)27(28)29)26-11-19(17-4-6-30-7-5-17)9-20-13-31-15-24(20)26/h9-12,14,16-17,27,30-31H,2-8,13,15H2,1H3. The van der Waals surface area contributed by atoms with Crippen molar-refractivity contribution in [1.29, 1.82) is 0 Å². The summed E-state index contributed by atoms with van der Waals surface area (Å²) < 4.78 is 30.2. The van der Waals surface area contributed by atoms with E-state index in [2.05, 4.69) is 32.8 Å². The number of aryl methyl sites for hydroxylation is 2. The summed E-state index contributed by atoms with van der Waals surface area (Å²) in [5.74, 6) is 0.555. The van der Waals surface area contributed by atoms with E-state index >= 15 is 0 Å². The van der Waals surface area contributed by atoms with Crippen molar-refractivity contribution in [3.8, 4) is 11.1 Å². The van der Waals surface area contributed by atoms with Gasteiger partial charge in [0.1, 0.15) is 0 Å². The third-order valence-corrected chi connectivity index (χ3v) is 7.68. The number of halogens is 2.